The SMILES string of the molecule is N.c1ncc2[nH]cnc2n1. The predicted octanol–water partition coefficient (Wildman–Crippen LogP) is 0.515. The Hall–Kier alpha value is -1.49. The van der Waals surface area contributed by atoms with Gasteiger partial charge in [0, 0.05) is 0 Å². The Labute approximate surface area is 57.1 Å². The molecule has 2 heterocycles. The monoisotopic (exact) mass is 137 g/mol. The molecule has 10 heavy (non-hydrogen) atoms. The number of rotatable bonds is 0. The van der Waals surface area contributed by atoms with E-state index in [1.165, 1.54) is 6.33 Å². The molecule has 5 heteroatoms. The molecule has 5 nitrogen and oxygen atoms in total. The van der Waals surface area contributed by atoms with Crippen LogP contribution in [-0.2, 0) is 0 Å². The average molecular weight is 137 g/mol. The zero-order valence-electron chi connectivity index (χ0n) is 5.28. The zero-order valence-corrected chi connectivity index (χ0v) is 5.28. The van der Waals surface area contributed by atoms with Gasteiger partial charge >= 0.3 is 0 Å². The number of nitrogens with one attached hydrogen (secondary N) is 1. The van der Waals surface area contributed by atoms with Crippen LogP contribution in [0.3, 0.4) is 0 Å². The minimum absolute atomic E-state index is 0. The minimum Gasteiger partial charge on any atom is -0.344 e. The molecular weight excluding hydrogens is 130 g/mol. The van der Waals surface area contributed by atoms with Crippen molar-refractivity contribution in [3.8, 4) is 0 Å². The van der Waals surface area contributed by atoms with Gasteiger partial charge in [-0.25, -0.2) is 15.0 Å². The normalized spacial score (nSPS) is 9.20. The summed E-state index contributed by atoms with van der Waals surface area (Å²) in [5.41, 5.74) is 1.59. The summed E-state index contributed by atoms with van der Waals surface area (Å²) in [7, 11) is 0. The summed E-state index contributed by atoms with van der Waals surface area (Å²) in [6.45, 7) is 0. The smallest absolute Gasteiger partial charge is 0.180 e. The van der Waals surface area contributed by atoms with E-state index < -0.39 is 0 Å². The van der Waals surface area contributed by atoms with Crippen LogP contribution in [0.5, 0.6) is 0 Å². The number of aromatic amines is 1. The predicted molar refractivity (Wildman–Crippen MR) is 36.7 cm³/mol. The van der Waals surface area contributed by atoms with E-state index >= 15 is 0 Å². The van der Waals surface area contributed by atoms with Crippen molar-refractivity contribution >= 4 is 11.2 Å². The largest absolute Gasteiger partial charge is 0.344 e. The molecule has 0 aliphatic heterocycles. The highest BCUT2D eigenvalue weighted by atomic mass is 15.0. The lowest BCUT2D eigenvalue weighted by Gasteiger charge is -1.80. The Morgan fingerprint density at radius 3 is 3.00 bits per heavy atom. The molecule has 2 aromatic rings. The zero-order chi connectivity index (χ0) is 6.10. The Bertz CT molecular complexity index is 284. The maximum atomic E-state index is 3.91. The highest BCUT2D eigenvalue weighted by Crippen LogP contribution is 1.99. The van der Waals surface area contributed by atoms with Gasteiger partial charge in [-0.15, -0.1) is 0 Å². The van der Waals surface area contributed by atoms with E-state index in [9.17, 15) is 0 Å². The molecule has 52 valence electrons. The molecule has 0 atom stereocenters. The van der Waals surface area contributed by atoms with Crippen LogP contribution in [0.1, 0.15) is 0 Å². The molecule has 0 aromatic carbocycles. The third kappa shape index (κ3) is 0.822. The van der Waals surface area contributed by atoms with Gasteiger partial charge in [0.15, 0.2) is 5.65 Å². The first kappa shape index (κ1) is 6.63. The van der Waals surface area contributed by atoms with Crippen LogP contribution in [0.4, 0.5) is 0 Å². The number of nitrogens with zero attached hydrogens (tertiary/aromatic N) is 3. The van der Waals surface area contributed by atoms with Gasteiger partial charge in [0.2, 0.25) is 0 Å². The molecule has 0 bridgehead atoms. The van der Waals surface area contributed by atoms with Crippen LogP contribution in [-0.4, -0.2) is 19.9 Å². The number of aromatic nitrogens is 4. The summed E-state index contributed by atoms with van der Waals surface area (Å²) in [5.74, 6) is 0. The molecule has 0 spiro atoms. The Morgan fingerprint density at radius 1 is 1.30 bits per heavy atom. The van der Waals surface area contributed by atoms with E-state index in [-0.39, 0.29) is 6.15 Å². The van der Waals surface area contributed by atoms with Crippen molar-refractivity contribution < 1.29 is 0 Å². The lowest BCUT2D eigenvalue weighted by atomic mass is 10.6. The first-order valence-corrected chi connectivity index (χ1v) is 2.56. The van der Waals surface area contributed by atoms with E-state index in [2.05, 4.69) is 19.9 Å². The van der Waals surface area contributed by atoms with Crippen LogP contribution in [0.2, 0.25) is 0 Å². The van der Waals surface area contributed by atoms with Crippen molar-refractivity contribution in [2.45, 2.75) is 0 Å². The van der Waals surface area contributed by atoms with E-state index in [1.54, 1.807) is 12.5 Å². The van der Waals surface area contributed by atoms with Crippen molar-refractivity contribution in [2.75, 3.05) is 0 Å². The van der Waals surface area contributed by atoms with Crippen LogP contribution in [0, 0.1) is 0 Å². The molecule has 0 unspecified atom stereocenters. The standard InChI is InChI=1S/C5H4N4.H3N/c1-4-5(8-2-6-1)9-3-7-4;/h1-3H,(H,6,7,8,9);1H3. The molecule has 2 rings (SSSR count). The van der Waals surface area contributed by atoms with E-state index in [4.69, 9.17) is 0 Å². The Kier molecular flexibility index (Phi) is 1.59. The summed E-state index contributed by atoms with van der Waals surface area (Å²) >= 11 is 0. The second-order valence-corrected chi connectivity index (χ2v) is 1.66. The van der Waals surface area contributed by atoms with Crippen molar-refractivity contribution in [3.63, 3.8) is 0 Å². The van der Waals surface area contributed by atoms with Gasteiger partial charge in [0.05, 0.1) is 12.5 Å². The van der Waals surface area contributed by atoms with Crippen molar-refractivity contribution in [1.29, 1.82) is 0 Å². The number of hydrogen-bond acceptors (Lipinski definition) is 4. The van der Waals surface area contributed by atoms with Crippen LogP contribution >= 0.6 is 0 Å². The van der Waals surface area contributed by atoms with Gasteiger partial charge in [0.1, 0.15) is 11.8 Å². The highest BCUT2D eigenvalue weighted by molar-refractivity contribution is 5.67. The summed E-state index contributed by atoms with van der Waals surface area (Å²) in [4.78, 5) is 14.5. The fraction of sp³-hybridized carbons (Fsp3) is 0. The first-order chi connectivity index (χ1) is 4.47. The van der Waals surface area contributed by atoms with Gasteiger partial charge in [-0.3, -0.25) is 0 Å². The Balaban J connectivity index is 0.000000500. The Morgan fingerprint density at radius 2 is 2.20 bits per heavy atom. The molecule has 0 fully saturated rings. The molecule has 0 aliphatic rings. The molecule has 0 aliphatic carbocycles. The fourth-order valence-corrected chi connectivity index (χ4v) is 0.691. The fourth-order valence-electron chi connectivity index (χ4n) is 0.691. The van der Waals surface area contributed by atoms with Crippen molar-refractivity contribution in [1.82, 2.24) is 26.1 Å². The third-order valence-corrected chi connectivity index (χ3v) is 1.10. The lowest BCUT2D eigenvalue weighted by molar-refractivity contribution is 1.20. The summed E-state index contributed by atoms with van der Waals surface area (Å²) in [6.07, 6.45) is 4.76. The molecule has 0 radical (unpaired) electrons. The quantitative estimate of drug-likeness (QED) is 0.553. The first-order valence-electron chi connectivity index (χ1n) is 2.56. The highest BCUT2D eigenvalue weighted by Gasteiger charge is 1.91. The third-order valence-electron chi connectivity index (χ3n) is 1.10. The molecule has 0 saturated carbocycles. The van der Waals surface area contributed by atoms with Crippen molar-refractivity contribution in [2.24, 2.45) is 0 Å². The maximum Gasteiger partial charge on any atom is 0.180 e. The second-order valence-electron chi connectivity index (χ2n) is 1.66. The lowest BCUT2D eigenvalue weighted by Crippen LogP contribution is -1.76. The number of fused-ring (bicyclic) bond motifs is 1. The van der Waals surface area contributed by atoms with Gasteiger partial charge in [-0.05, 0) is 0 Å². The second kappa shape index (κ2) is 2.40. The van der Waals surface area contributed by atoms with Crippen LogP contribution < -0.4 is 6.15 Å². The number of H-pyrrole nitrogens is 1. The molecule has 2 aromatic heterocycles. The van der Waals surface area contributed by atoms with Gasteiger partial charge in [-0.1, -0.05) is 0 Å². The van der Waals surface area contributed by atoms with E-state index in [0.29, 0.717) is 5.65 Å². The topological polar surface area (TPSA) is 89.5 Å². The summed E-state index contributed by atoms with van der Waals surface area (Å²) in [6, 6.07) is 0. The molecule has 0 saturated heterocycles. The average Bonchev–Trinajstić information content (AvgIpc) is 2.33. The maximum absolute atomic E-state index is 3.91. The van der Waals surface area contributed by atoms with Gasteiger partial charge in [0.25, 0.3) is 0 Å². The minimum atomic E-state index is 0. The number of hydrogen-bond donors (Lipinski definition) is 2. The van der Waals surface area contributed by atoms with Crippen LogP contribution in [0.15, 0.2) is 18.9 Å². The number of imidazole rings is 1. The van der Waals surface area contributed by atoms with E-state index in [1.807, 2.05) is 0 Å². The molecule has 0 amide bonds. The summed E-state index contributed by atoms with van der Waals surface area (Å²) in [5, 5.41) is 0. The molecule has 4 N–H and O–H groups in total. The van der Waals surface area contributed by atoms with Crippen LogP contribution in [0.25, 0.3) is 11.2 Å². The van der Waals surface area contributed by atoms with E-state index in [0.717, 1.165) is 5.52 Å². The van der Waals surface area contributed by atoms with Crippen molar-refractivity contribution in [3.05, 3.63) is 18.9 Å². The summed E-state index contributed by atoms with van der Waals surface area (Å²) < 4.78 is 0. The van der Waals surface area contributed by atoms with Gasteiger partial charge < -0.3 is 11.1 Å². The molecular formula is C5H7N5. The van der Waals surface area contributed by atoms with Gasteiger partial charge in [-0.2, -0.15) is 0 Å².